The van der Waals surface area contributed by atoms with E-state index in [1.807, 2.05) is 0 Å². The molecule has 0 aliphatic carbocycles. The Balaban J connectivity index is 2.47. The van der Waals surface area contributed by atoms with Gasteiger partial charge in [-0.3, -0.25) is 9.78 Å². The molecule has 1 N–H and O–H groups in total. The van der Waals surface area contributed by atoms with Crippen LogP contribution in [0.3, 0.4) is 0 Å². The maximum absolute atomic E-state index is 13.1. The highest BCUT2D eigenvalue weighted by atomic mass is 19.1. The summed E-state index contributed by atoms with van der Waals surface area (Å²) in [5.74, 6) is -1.28. The minimum Gasteiger partial charge on any atom is -0.481 e. The third-order valence-electron chi connectivity index (χ3n) is 2.39. The van der Waals surface area contributed by atoms with Crippen LogP contribution >= 0.6 is 0 Å². The Hall–Kier alpha value is -2.23. The number of carbonyl (C=O) groups is 1. The van der Waals surface area contributed by atoms with Crippen molar-refractivity contribution in [2.45, 2.75) is 6.42 Å². The second kappa shape index (κ2) is 4.74. The van der Waals surface area contributed by atoms with Crippen LogP contribution in [0.25, 0.3) is 11.1 Å². The standard InChI is InChI=1S/C13H10FNO2/c14-11-3-1-2-9(6-11)12-8-15-5-4-10(12)7-13(16)17/h1-6,8H,7H2,(H,16,17). The van der Waals surface area contributed by atoms with Crippen molar-refractivity contribution in [2.24, 2.45) is 0 Å². The molecular formula is C13H10FNO2. The number of rotatable bonds is 3. The van der Waals surface area contributed by atoms with E-state index in [9.17, 15) is 9.18 Å². The zero-order valence-corrected chi connectivity index (χ0v) is 8.93. The van der Waals surface area contributed by atoms with E-state index < -0.39 is 5.97 Å². The number of halogens is 1. The van der Waals surface area contributed by atoms with Crippen molar-refractivity contribution in [2.75, 3.05) is 0 Å². The van der Waals surface area contributed by atoms with E-state index in [4.69, 9.17) is 5.11 Å². The molecule has 0 atom stereocenters. The van der Waals surface area contributed by atoms with E-state index >= 15 is 0 Å². The van der Waals surface area contributed by atoms with Crippen LogP contribution in [0.4, 0.5) is 4.39 Å². The van der Waals surface area contributed by atoms with Gasteiger partial charge < -0.3 is 5.11 Å². The smallest absolute Gasteiger partial charge is 0.307 e. The summed E-state index contributed by atoms with van der Waals surface area (Å²) in [5.41, 5.74) is 1.90. The molecular weight excluding hydrogens is 221 g/mol. The minimum absolute atomic E-state index is 0.103. The molecule has 0 fully saturated rings. The number of carboxylic acid groups (broad SMARTS) is 1. The molecule has 0 amide bonds. The van der Waals surface area contributed by atoms with Crippen molar-refractivity contribution >= 4 is 5.97 Å². The van der Waals surface area contributed by atoms with Crippen molar-refractivity contribution in [3.8, 4) is 11.1 Å². The number of carboxylic acids is 1. The SMILES string of the molecule is O=C(O)Cc1ccncc1-c1cccc(F)c1. The van der Waals surface area contributed by atoms with Crippen molar-refractivity contribution in [3.63, 3.8) is 0 Å². The third-order valence-corrected chi connectivity index (χ3v) is 2.39. The quantitative estimate of drug-likeness (QED) is 0.883. The van der Waals surface area contributed by atoms with Crippen LogP contribution in [-0.4, -0.2) is 16.1 Å². The van der Waals surface area contributed by atoms with Gasteiger partial charge in [0.25, 0.3) is 0 Å². The van der Waals surface area contributed by atoms with Crippen LogP contribution in [0.5, 0.6) is 0 Å². The highest BCUT2D eigenvalue weighted by molar-refractivity contribution is 5.76. The molecule has 86 valence electrons. The van der Waals surface area contributed by atoms with Crippen LogP contribution < -0.4 is 0 Å². The molecule has 0 aliphatic heterocycles. The van der Waals surface area contributed by atoms with Gasteiger partial charge in [-0.05, 0) is 29.3 Å². The average Bonchev–Trinajstić information content (AvgIpc) is 2.29. The first kappa shape index (κ1) is 11.3. The van der Waals surface area contributed by atoms with Crippen LogP contribution in [-0.2, 0) is 11.2 Å². The lowest BCUT2D eigenvalue weighted by atomic mass is 10.00. The summed E-state index contributed by atoms with van der Waals surface area (Å²) in [4.78, 5) is 14.7. The summed E-state index contributed by atoms with van der Waals surface area (Å²) in [5, 5.41) is 8.80. The van der Waals surface area contributed by atoms with Gasteiger partial charge in [0.1, 0.15) is 5.82 Å². The van der Waals surface area contributed by atoms with Crippen molar-refractivity contribution < 1.29 is 14.3 Å². The summed E-state index contributed by atoms with van der Waals surface area (Å²) in [6, 6.07) is 7.65. The largest absolute Gasteiger partial charge is 0.481 e. The summed E-state index contributed by atoms with van der Waals surface area (Å²) in [6.07, 6.45) is 2.97. The van der Waals surface area contributed by atoms with Gasteiger partial charge in [0.05, 0.1) is 6.42 Å². The molecule has 0 unspecified atom stereocenters. The predicted molar refractivity (Wildman–Crippen MR) is 61.0 cm³/mol. The Morgan fingerprint density at radius 3 is 2.88 bits per heavy atom. The fourth-order valence-corrected chi connectivity index (χ4v) is 1.66. The van der Waals surface area contributed by atoms with Gasteiger partial charge in [-0.1, -0.05) is 12.1 Å². The Kier molecular flexibility index (Phi) is 3.14. The lowest BCUT2D eigenvalue weighted by Gasteiger charge is -2.07. The molecule has 4 heteroatoms. The molecule has 1 aromatic carbocycles. The lowest BCUT2D eigenvalue weighted by Crippen LogP contribution is -2.02. The fourth-order valence-electron chi connectivity index (χ4n) is 1.66. The van der Waals surface area contributed by atoms with Gasteiger partial charge in [-0.25, -0.2) is 4.39 Å². The highest BCUT2D eigenvalue weighted by Crippen LogP contribution is 2.23. The average molecular weight is 231 g/mol. The molecule has 2 aromatic rings. The molecule has 3 nitrogen and oxygen atoms in total. The van der Waals surface area contributed by atoms with Gasteiger partial charge in [-0.2, -0.15) is 0 Å². The summed E-state index contributed by atoms with van der Waals surface area (Å²) in [7, 11) is 0. The van der Waals surface area contributed by atoms with Crippen molar-refractivity contribution in [3.05, 3.63) is 54.1 Å². The van der Waals surface area contributed by atoms with E-state index in [0.29, 0.717) is 16.7 Å². The number of aliphatic carboxylic acids is 1. The second-order valence-electron chi connectivity index (χ2n) is 3.61. The molecule has 0 aliphatic rings. The number of nitrogens with zero attached hydrogens (tertiary/aromatic N) is 1. The van der Waals surface area contributed by atoms with Crippen LogP contribution in [0.2, 0.25) is 0 Å². The highest BCUT2D eigenvalue weighted by Gasteiger charge is 2.09. The van der Waals surface area contributed by atoms with E-state index in [-0.39, 0.29) is 12.2 Å². The second-order valence-corrected chi connectivity index (χ2v) is 3.61. The summed E-state index contributed by atoms with van der Waals surface area (Å²) in [6.45, 7) is 0. The molecule has 1 heterocycles. The van der Waals surface area contributed by atoms with Crippen molar-refractivity contribution in [1.82, 2.24) is 4.98 Å². The van der Waals surface area contributed by atoms with Gasteiger partial charge in [0.2, 0.25) is 0 Å². The maximum Gasteiger partial charge on any atom is 0.307 e. The molecule has 17 heavy (non-hydrogen) atoms. The zero-order chi connectivity index (χ0) is 12.3. The zero-order valence-electron chi connectivity index (χ0n) is 8.93. The van der Waals surface area contributed by atoms with Gasteiger partial charge in [0.15, 0.2) is 0 Å². The molecule has 0 saturated heterocycles. The third kappa shape index (κ3) is 2.66. The molecule has 1 aromatic heterocycles. The molecule has 0 radical (unpaired) electrons. The van der Waals surface area contributed by atoms with Crippen molar-refractivity contribution in [1.29, 1.82) is 0 Å². The monoisotopic (exact) mass is 231 g/mol. The van der Waals surface area contributed by atoms with Crippen LogP contribution in [0.1, 0.15) is 5.56 Å². The number of pyridine rings is 1. The van der Waals surface area contributed by atoms with Gasteiger partial charge in [-0.15, -0.1) is 0 Å². The molecule has 2 rings (SSSR count). The first-order valence-electron chi connectivity index (χ1n) is 5.07. The number of benzene rings is 1. The normalized spacial score (nSPS) is 10.2. The summed E-state index contributed by atoms with van der Waals surface area (Å²) < 4.78 is 13.1. The number of hydrogen-bond acceptors (Lipinski definition) is 2. The minimum atomic E-state index is -0.922. The Bertz CT molecular complexity index is 555. The molecule has 0 saturated carbocycles. The Morgan fingerprint density at radius 1 is 1.35 bits per heavy atom. The van der Waals surface area contributed by atoms with E-state index in [1.165, 1.54) is 18.3 Å². The topological polar surface area (TPSA) is 50.2 Å². The number of aromatic nitrogens is 1. The number of hydrogen-bond donors (Lipinski definition) is 1. The maximum atomic E-state index is 13.1. The molecule has 0 spiro atoms. The van der Waals surface area contributed by atoms with Crippen LogP contribution in [0.15, 0.2) is 42.7 Å². The fraction of sp³-hybridized carbons (Fsp3) is 0.0769. The van der Waals surface area contributed by atoms with E-state index in [2.05, 4.69) is 4.98 Å². The lowest BCUT2D eigenvalue weighted by molar-refractivity contribution is -0.136. The molecule has 0 bridgehead atoms. The Labute approximate surface area is 97.6 Å². The van der Waals surface area contributed by atoms with E-state index in [1.54, 1.807) is 24.4 Å². The predicted octanol–water partition coefficient (Wildman–Crippen LogP) is 2.51. The summed E-state index contributed by atoms with van der Waals surface area (Å²) >= 11 is 0. The van der Waals surface area contributed by atoms with E-state index in [0.717, 1.165) is 0 Å². The van der Waals surface area contributed by atoms with Crippen LogP contribution in [0, 0.1) is 5.82 Å². The first-order chi connectivity index (χ1) is 8.16. The van der Waals surface area contributed by atoms with Gasteiger partial charge >= 0.3 is 5.97 Å². The van der Waals surface area contributed by atoms with Gasteiger partial charge in [0, 0.05) is 18.0 Å². The first-order valence-corrected chi connectivity index (χ1v) is 5.07. The Morgan fingerprint density at radius 2 is 2.18 bits per heavy atom.